The van der Waals surface area contributed by atoms with Gasteiger partial charge < -0.3 is 13.9 Å². The molecule has 8 heteroatoms. The maximum atomic E-state index is 13.0. The monoisotopic (exact) mass is 404 g/mol. The van der Waals surface area contributed by atoms with Gasteiger partial charge in [0.1, 0.15) is 11.3 Å². The predicted molar refractivity (Wildman–Crippen MR) is 117 cm³/mol. The number of rotatable bonds is 5. The van der Waals surface area contributed by atoms with Crippen LogP contribution in [0.25, 0.3) is 16.6 Å². The Balaban J connectivity index is 1.25. The highest BCUT2D eigenvalue weighted by Gasteiger charge is 2.18. The molecule has 0 atom stereocenters. The van der Waals surface area contributed by atoms with Crippen LogP contribution in [0.3, 0.4) is 0 Å². The summed E-state index contributed by atoms with van der Waals surface area (Å²) in [6, 6.07) is 15.2. The fraction of sp³-hybridized carbons (Fsp3) is 0.318. The number of aromatic amines is 1. The van der Waals surface area contributed by atoms with Gasteiger partial charge in [0.25, 0.3) is 11.1 Å². The molecular formula is C22H24N6O2. The minimum atomic E-state index is -0.182. The lowest BCUT2D eigenvalue weighted by molar-refractivity contribution is 0.250. The fourth-order valence-corrected chi connectivity index (χ4v) is 4.30. The molecule has 0 amide bonds. The molecule has 0 unspecified atom stereocenters. The second-order valence-electron chi connectivity index (χ2n) is 7.67. The summed E-state index contributed by atoms with van der Waals surface area (Å²) in [6.45, 7) is 5.26. The van der Waals surface area contributed by atoms with E-state index in [1.165, 1.54) is 6.07 Å². The Morgan fingerprint density at radius 2 is 1.60 bits per heavy atom. The number of benzene rings is 1. The normalized spacial score (nSPS) is 15.3. The molecular weight excluding hydrogens is 380 g/mol. The average Bonchev–Trinajstić information content (AvgIpc) is 3.28. The van der Waals surface area contributed by atoms with Crippen LogP contribution in [0.2, 0.25) is 0 Å². The number of anilines is 1. The van der Waals surface area contributed by atoms with Gasteiger partial charge in [0.15, 0.2) is 0 Å². The van der Waals surface area contributed by atoms with Gasteiger partial charge in [-0.25, -0.2) is 5.10 Å². The van der Waals surface area contributed by atoms with E-state index in [0.717, 1.165) is 61.5 Å². The summed E-state index contributed by atoms with van der Waals surface area (Å²) in [7, 11) is 0. The number of hydrogen-bond donors (Lipinski definition) is 1. The van der Waals surface area contributed by atoms with Crippen LogP contribution in [0, 0.1) is 0 Å². The van der Waals surface area contributed by atoms with Crippen molar-refractivity contribution in [1.82, 2.24) is 24.1 Å². The number of H-pyrrole nitrogens is 1. The van der Waals surface area contributed by atoms with E-state index in [2.05, 4.69) is 26.1 Å². The van der Waals surface area contributed by atoms with Crippen molar-refractivity contribution in [3.63, 3.8) is 0 Å². The van der Waals surface area contributed by atoms with Crippen LogP contribution in [0.1, 0.15) is 6.42 Å². The summed E-state index contributed by atoms with van der Waals surface area (Å²) >= 11 is 0. The van der Waals surface area contributed by atoms with Crippen LogP contribution < -0.4 is 16.0 Å². The summed E-state index contributed by atoms with van der Waals surface area (Å²) in [5.41, 5.74) is 2.63. The lowest BCUT2D eigenvalue weighted by atomic mass is 10.2. The Labute approximate surface area is 173 Å². The quantitative estimate of drug-likeness (QED) is 0.546. The molecule has 1 fully saturated rings. The van der Waals surface area contributed by atoms with E-state index in [0.29, 0.717) is 6.54 Å². The number of hydrogen-bond acceptors (Lipinski definition) is 5. The summed E-state index contributed by atoms with van der Waals surface area (Å²) in [4.78, 5) is 28.8. The first-order valence-electron chi connectivity index (χ1n) is 10.3. The highest BCUT2D eigenvalue weighted by molar-refractivity contribution is 5.79. The minimum Gasteiger partial charge on any atom is -0.353 e. The summed E-state index contributed by atoms with van der Waals surface area (Å²) in [5.74, 6) is 0.813. The van der Waals surface area contributed by atoms with E-state index in [1.54, 1.807) is 6.07 Å². The van der Waals surface area contributed by atoms with Crippen molar-refractivity contribution in [2.45, 2.75) is 13.0 Å². The molecule has 154 valence electrons. The smallest absolute Gasteiger partial charge is 0.275 e. The number of nitrogens with zero attached hydrogens (tertiary/aromatic N) is 5. The maximum absolute atomic E-state index is 13.0. The number of aryl methyl sites for hydroxylation is 1. The minimum absolute atomic E-state index is 0.0627. The van der Waals surface area contributed by atoms with Gasteiger partial charge in [0, 0.05) is 45.0 Å². The van der Waals surface area contributed by atoms with Gasteiger partial charge in [-0.15, -0.1) is 0 Å². The van der Waals surface area contributed by atoms with Crippen molar-refractivity contribution in [3.05, 3.63) is 75.4 Å². The average molecular weight is 404 g/mol. The molecule has 1 saturated heterocycles. The number of aromatic nitrogens is 4. The van der Waals surface area contributed by atoms with Crippen molar-refractivity contribution in [1.29, 1.82) is 0 Å². The van der Waals surface area contributed by atoms with Crippen LogP contribution in [-0.4, -0.2) is 56.8 Å². The molecule has 1 aliphatic heterocycles. The van der Waals surface area contributed by atoms with Crippen LogP contribution in [0.5, 0.6) is 0 Å². The van der Waals surface area contributed by atoms with Gasteiger partial charge in [0.05, 0.1) is 11.0 Å². The summed E-state index contributed by atoms with van der Waals surface area (Å²) in [6.07, 6.45) is 2.86. The third kappa shape index (κ3) is 3.39. The largest absolute Gasteiger partial charge is 0.353 e. The molecule has 0 radical (unpaired) electrons. The first kappa shape index (κ1) is 18.6. The summed E-state index contributed by atoms with van der Waals surface area (Å²) < 4.78 is 3.88. The van der Waals surface area contributed by atoms with Crippen molar-refractivity contribution < 1.29 is 0 Å². The fourth-order valence-electron chi connectivity index (χ4n) is 4.30. The molecule has 0 aliphatic carbocycles. The highest BCUT2D eigenvalue weighted by atomic mass is 16.1. The maximum Gasteiger partial charge on any atom is 0.275 e. The van der Waals surface area contributed by atoms with Crippen molar-refractivity contribution in [2.75, 3.05) is 37.6 Å². The SMILES string of the molecule is O=c1ccc(N2CCN(CCCn3c(=O)c4cccn4c4ccccc43)CC2)n[nH]1. The van der Waals surface area contributed by atoms with Gasteiger partial charge >= 0.3 is 0 Å². The van der Waals surface area contributed by atoms with Gasteiger partial charge in [0.2, 0.25) is 0 Å². The Hall–Kier alpha value is -3.39. The molecule has 5 rings (SSSR count). The molecule has 0 spiro atoms. The van der Waals surface area contributed by atoms with E-state index >= 15 is 0 Å². The highest BCUT2D eigenvalue weighted by Crippen LogP contribution is 2.16. The van der Waals surface area contributed by atoms with Crippen molar-refractivity contribution >= 4 is 22.4 Å². The van der Waals surface area contributed by atoms with Gasteiger partial charge in [-0.1, -0.05) is 12.1 Å². The predicted octanol–water partition coefficient (Wildman–Crippen LogP) is 1.55. The van der Waals surface area contributed by atoms with Crippen molar-refractivity contribution in [3.8, 4) is 0 Å². The molecule has 0 saturated carbocycles. The second-order valence-corrected chi connectivity index (χ2v) is 7.67. The lowest BCUT2D eigenvalue weighted by Crippen LogP contribution is -2.47. The molecule has 1 aliphatic rings. The summed E-state index contributed by atoms with van der Waals surface area (Å²) in [5, 5.41) is 6.61. The third-order valence-electron chi connectivity index (χ3n) is 5.86. The molecule has 0 bridgehead atoms. The first-order valence-corrected chi connectivity index (χ1v) is 10.3. The zero-order valence-corrected chi connectivity index (χ0v) is 16.7. The molecule has 3 aromatic heterocycles. The van der Waals surface area contributed by atoms with Crippen LogP contribution in [0.4, 0.5) is 5.82 Å². The molecule has 4 heterocycles. The Kier molecular flexibility index (Phi) is 4.84. The molecule has 1 aromatic carbocycles. The zero-order chi connectivity index (χ0) is 20.5. The molecule has 30 heavy (non-hydrogen) atoms. The Morgan fingerprint density at radius 1 is 0.833 bits per heavy atom. The topological polar surface area (TPSA) is 78.6 Å². The third-order valence-corrected chi connectivity index (χ3v) is 5.86. The Bertz CT molecular complexity index is 1280. The zero-order valence-electron chi connectivity index (χ0n) is 16.7. The van der Waals surface area contributed by atoms with Crippen LogP contribution in [-0.2, 0) is 6.54 Å². The molecule has 1 N–H and O–H groups in total. The van der Waals surface area contributed by atoms with E-state index in [4.69, 9.17) is 0 Å². The number of fused-ring (bicyclic) bond motifs is 3. The van der Waals surface area contributed by atoms with E-state index < -0.39 is 0 Å². The van der Waals surface area contributed by atoms with Gasteiger partial charge in [-0.2, -0.15) is 5.10 Å². The number of nitrogens with one attached hydrogen (secondary N) is 1. The van der Waals surface area contributed by atoms with Gasteiger partial charge in [-0.05, 0) is 43.3 Å². The number of para-hydroxylation sites is 2. The standard InChI is InChI=1S/C22H24N6O2/c29-21-9-8-20(23-24-21)26-15-13-25(14-16-26)10-4-12-28-18-6-2-1-5-17(18)27-11-3-7-19(27)22(28)30/h1-3,5-9,11H,4,10,12-16H2,(H,24,29). The van der Waals surface area contributed by atoms with E-state index in [1.807, 2.05) is 45.5 Å². The first-order chi connectivity index (χ1) is 14.7. The number of piperazine rings is 1. The second kappa shape index (κ2) is 7.79. The Morgan fingerprint density at radius 3 is 2.37 bits per heavy atom. The van der Waals surface area contributed by atoms with Crippen LogP contribution >= 0.6 is 0 Å². The van der Waals surface area contributed by atoms with Crippen LogP contribution in [0.15, 0.2) is 64.3 Å². The van der Waals surface area contributed by atoms with E-state index in [9.17, 15) is 9.59 Å². The molecule has 8 nitrogen and oxygen atoms in total. The van der Waals surface area contributed by atoms with Gasteiger partial charge in [-0.3, -0.25) is 14.5 Å². The molecule has 4 aromatic rings. The van der Waals surface area contributed by atoms with Crippen molar-refractivity contribution in [2.24, 2.45) is 0 Å². The lowest BCUT2D eigenvalue weighted by Gasteiger charge is -2.35. The van der Waals surface area contributed by atoms with E-state index in [-0.39, 0.29) is 11.1 Å².